The smallest absolute Gasteiger partial charge is 0.387 e. The highest BCUT2D eigenvalue weighted by Crippen LogP contribution is 2.47. The molecule has 190 valence electrons. The average molecular weight is 524 g/mol. The molecular formula is C26H23F2N4O4P. The molecule has 0 saturated heterocycles. The van der Waals surface area contributed by atoms with Crippen molar-refractivity contribution in [3.8, 4) is 22.8 Å². The molecule has 0 radical (unpaired) electrons. The number of fused-ring (bicyclic) bond motifs is 9. The minimum atomic E-state index is -3.01. The first kappa shape index (κ1) is 23.6. The number of carbonyl (C=O) groups excluding carboxylic acids is 1. The Morgan fingerprint density at radius 1 is 1.16 bits per heavy atom. The van der Waals surface area contributed by atoms with Crippen molar-refractivity contribution in [2.24, 2.45) is 0 Å². The van der Waals surface area contributed by atoms with Crippen molar-refractivity contribution < 1.29 is 27.6 Å². The Kier molecular flexibility index (Phi) is 5.53. The molecule has 2 aliphatic heterocycles. The molecule has 6 rings (SSSR count). The third kappa shape index (κ3) is 4.25. The van der Waals surface area contributed by atoms with Gasteiger partial charge in [-0.3, -0.25) is 4.79 Å². The minimum Gasteiger partial charge on any atom is -0.470 e. The fourth-order valence-electron chi connectivity index (χ4n) is 5.05. The summed E-state index contributed by atoms with van der Waals surface area (Å²) in [6, 6.07) is 13.3. The summed E-state index contributed by atoms with van der Waals surface area (Å²) in [5.41, 5.74) is 4.01. The molecule has 0 aliphatic carbocycles. The zero-order valence-corrected chi connectivity index (χ0v) is 20.9. The van der Waals surface area contributed by atoms with Crippen molar-refractivity contribution in [1.29, 1.82) is 0 Å². The SMILES string of the molecule is CP(C)(=O)COc1ccc(-c2ccc3nc4n(c3c2)[C@@H]2C[C@H]4NC(=O)c3cccc(OC(F)F)c32)cn1. The van der Waals surface area contributed by atoms with Gasteiger partial charge in [0.2, 0.25) is 5.88 Å². The Labute approximate surface area is 211 Å². The van der Waals surface area contributed by atoms with Crippen molar-refractivity contribution in [3.63, 3.8) is 0 Å². The Hall–Kier alpha value is -3.78. The van der Waals surface area contributed by atoms with E-state index in [2.05, 4.69) is 10.3 Å². The maximum absolute atomic E-state index is 13.2. The van der Waals surface area contributed by atoms with Crippen LogP contribution in [0.1, 0.15) is 40.3 Å². The molecule has 0 saturated carbocycles. The van der Waals surface area contributed by atoms with Gasteiger partial charge < -0.3 is 23.9 Å². The van der Waals surface area contributed by atoms with Gasteiger partial charge in [-0.1, -0.05) is 12.1 Å². The van der Waals surface area contributed by atoms with Gasteiger partial charge in [-0.15, -0.1) is 0 Å². The number of carbonyl (C=O) groups is 1. The number of aromatic nitrogens is 3. The zero-order chi connectivity index (χ0) is 25.9. The van der Waals surface area contributed by atoms with Gasteiger partial charge in [0.25, 0.3) is 5.91 Å². The summed E-state index contributed by atoms with van der Waals surface area (Å²) in [6.45, 7) is 0.301. The second-order valence-corrected chi connectivity index (χ2v) is 13.1. The van der Waals surface area contributed by atoms with Crippen molar-refractivity contribution >= 4 is 24.1 Å². The molecule has 1 amide bonds. The average Bonchev–Trinajstić information content (AvgIpc) is 3.34. The number of nitrogens with zero attached hydrogens (tertiary/aromatic N) is 3. The lowest BCUT2D eigenvalue weighted by Gasteiger charge is -2.21. The van der Waals surface area contributed by atoms with Crippen LogP contribution in [-0.4, -0.2) is 46.7 Å². The summed E-state index contributed by atoms with van der Waals surface area (Å²) in [7, 11) is -2.33. The Morgan fingerprint density at radius 2 is 1.97 bits per heavy atom. The van der Waals surface area contributed by atoms with Crippen LogP contribution in [0.3, 0.4) is 0 Å². The Bertz CT molecular complexity index is 1580. The maximum Gasteiger partial charge on any atom is 0.387 e. The first-order valence-electron chi connectivity index (χ1n) is 11.7. The van der Waals surface area contributed by atoms with E-state index in [1.165, 1.54) is 6.07 Å². The lowest BCUT2D eigenvalue weighted by Crippen LogP contribution is -2.28. The normalized spacial score (nSPS) is 18.4. The summed E-state index contributed by atoms with van der Waals surface area (Å²) >= 11 is 0. The number of hydrogen-bond acceptors (Lipinski definition) is 6. The number of alkyl halides is 2. The number of pyridine rings is 1. The highest BCUT2D eigenvalue weighted by molar-refractivity contribution is 7.62. The molecule has 0 fully saturated rings. The standard InChI is InChI=1S/C26H23F2N4O4P/c1-37(2,34)13-35-22-9-7-15(12-29-22)14-6-8-17-19(10-14)32-20-11-18(24(32)30-17)31-25(33)16-4-3-5-21(23(16)20)36-26(27)28/h3-10,12,18,20,26H,11,13H2,1-2H3,(H,31,33)/t18-,20-/m1/s1. The topological polar surface area (TPSA) is 95.3 Å². The van der Waals surface area contributed by atoms with E-state index in [-0.39, 0.29) is 24.0 Å². The molecule has 2 aliphatic rings. The highest BCUT2D eigenvalue weighted by Gasteiger charge is 2.42. The predicted molar refractivity (Wildman–Crippen MR) is 134 cm³/mol. The van der Waals surface area contributed by atoms with E-state index >= 15 is 0 Å². The third-order valence-electron chi connectivity index (χ3n) is 6.56. The molecular weight excluding hydrogens is 501 g/mol. The number of rotatable bonds is 6. The highest BCUT2D eigenvalue weighted by atomic mass is 31.2. The molecule has 4 aromatic rings. The summed E-state index contributed by atoms with van der Waals surface area (Å²) < 4.78 is 50.7. The van der Waals surface area contributed by atoms with E-state index in [0.717, 1.165) is 22.2 Å². The molecule has 8 nitrogen and oxygen atoms in total. The molecule has 2 bridgehead atoms. The second-order valence-electron chi connectivity index (χ2n) is 9.65. The molecule has 0 spiro atoms. The number of amides is 1. The van der Waals surface area contributed by atoms with Crippen molar-refractivity contribution in [2.75, 3.05) is 19.7 Å². The minimum absolute atomic E-state index is 0.0114. The van der Waals surface area contributed by atoms with Crippen LogP contribution < -0.4 is 14.8 Å². The molecule has 2 atom stereocenters. The van der Waals surface area contributed by atoms with E-state index in [4.69, 9.17) is 14.5 Å². The molecule has 0 unspecified atom stereocenters. The quantitative estimate of drug-likeness (QED) is 0.338. The van der Waals surface area contributed by atoms with E-state index in [1.807, 2.05) is 28.8 Å². The van der Waals surface area contributed by atoms with Crippen molar-refractivity contribution in [2.45, 2.75) is 25.1 Å². The van der Waals surface area contributed by atoms with Gasteiger partial charge in [-0.25, -0.2) is 9.97 Å². The van der Waals surface area contributed by atoms with Gasteiger partial charge in [-0.05, 0) is 55.6 Å². The number of imidazole rings is 1. The molecule has 11 heteroatoms. The second kappa shape index (κ2) is 8.66. The summed E-state index contributed by atoms with van der Waals surface area (Å²) in [6.07, 6.45) is 2.28. The molecule has 4 heterocycles. The van der Waals surface area contributed by atoms with Crippen LogP contribution in [0.15, 0.2) is 54.7 Å². The lowest BCUT2D eigenvalue weighted by molar-refractivity contribution is -0.0507. The fraction of sp³-hybridized carbons (Fsp3) is 0.269. The van der Waals surface area contributed by atoms with Crippen molar-refractivity contribution in [3.05, 3.63) is 71.7 Å². The van der Waals surface area contributed by atoms with Crippen LogP contribution in [-0.2, 0) is 4.57 Å². The van der Waals surface area contributed by atoms with Gasteiger partial charge in [0.1, 0.15) is 25.1 Å². The summed E-state index contributed by atoms with van der Waals surface area (Å²) in [5, 5.41) is 2.99. The van der Waals surface area contributed by atoms with Crippen LogP contribution in [0.2, 0.25) is 0 Å². The lowest BCUT2D eigenvalue weighted by atomic mass is 9.97. The van der Waals surface area contributed by atoms with Crippen LogP contribution in [0.25, 0.3) is 22.2 Å². The largest absolute Gasteiger partial charge is 0.470 e. The van der Waals surface area contributed by atoms with E-state index in [9.17, 15) is 18.1 Å². The van der Waals surface area contributed by atoms with Gasteiger partial charge in [0.05, 0.1) is 23.1 Å². The first-order chi connectivity index (χ1) is 17.7. The number of benzene rings is 2. The van der Waals surface area contributed by atoms with E-state index < -0.39 is 19.8 Å². The molecule has 2 aromatic heterocycles. The predicted octanol–water partition coefficient (Wildman–Crippen LogP) is 5.44. The van der Waals surface area contributed by atoms with Crippen LogP contribution in [0, 0.1) is 0 Å². The van der Waals surface area contributed by atoms with Gasteiger partial charge in [-0.2, -0.15) is 8.78 Å². The van der Waals surface area contributed by atoms with E-state index in [0.29, 0.717) is 29.3 Å². The first-order valence-corrected chi connectivity index (χ1v) is 14.5. The molecule has 37 heavy (non-hydrogen) atoms. The zero-order valence-electron chi connectivity index (χ0n) is 20.0. The Balaban J connectivity index is 1.42. The fourth-order valence-corrected chi connectivity index (χ4v) is 5.49. The molecule has 1 N–H and O–H groups in total. The monoisotopic (exact) mass is 524 g/mol. The number of ether oxygens (including phenoxy) is 2. The third-order valence-corrected chi connectivity index (χ3v) is 7.31. The van der Waals surface area contributed by atoms with Gasteiger partial charge in [0, 0.05) is 29.0 Å². The van der Waals surface area contributed by atoms with Crippen LogP contribution in [0.5, 0.6) is 11.6 Å². The number of halogens is 2. The van der Waals surface area contributed by atoms with Gasteiger partial charge in [0.15, 0.2) is 0 Å². The summed E-state index contributed by atoms with van der Waals surface area (Å²) in [4.78, 5) is 22.0. The molecule has 2 aromatic carbocycles. The van der Waals surface area contributed by atoms with Crippen LogP contribution in [0.4, 0.5) is 8.78 Å². The maximum atomic E-state index is 13.2. The summed E-state index contributed by atoms with van der Waals surface area (Å²) in [5.74, 6) is 0.719. The van der Waals surface area contributed by atoms with E-state index in [1.54, 1.807) is 37.7 Å². The van der Waals surface area contributed by atoms with Crippen molar-refractivity contribution in [1.82, 2.24) is 19.9 Å². The Morgan fingerprint density at radius 3 is 2.70 bits per heavy atom. The van der Waals surface area contributed by atoms with Crippen LogP contribution >= 0.6 is 7.14 Å². The number of nitrogens with one attached hydrogen (secondary N) is 1. The van der Waals surface area contributed by atoms with Gasteiger partial charge >= 0.3 is 6.61 Å². The number of hydrogen-bond donors (Lipinski definition) is 1.